The summed E-state index contributed by atoms with van der Waals surface area (Å²) in [5.41, 5.74) is 6.46. The molecule has 0 amide bonds. The summed E-state index contributed by atoms with van der Waals surface area (Å²) in [6, 6.07) is 7.38. The van der Waals surface area contributed by atoms with Crippen LogP contribution in [-0.4, -0.2) is 20.8 Å². The van der Waals surface area contributed by atoms with Gasteiger partial charge in [-0.15, -0.1) is 0 Å². The molecule has 0 saturated heterocycles. The third kappa shape index (κ3) is 5.11. The van der Waals surface area contributed by atoms with E-state index in [-0.39, 0.29) is 5.75 Å². The molecule has 0 unspecified atom stereocenters. The molecule has 0 aromatic heterocycles. The first-order valence-corrected chi connectivity index (χ1v) is 6.65. The minimum Gasteiger partial charge on any atom is -0.494 e. The smallest absolute Gasteiger partial charge is 0.209 e. The van der Waals surface area contributed by atoms with E-state index in [1.165, 1.54) is 0 Å². The van der Waals surface area contributed by atoms with Crippen molar-refractivity contribution in [3.63, 3.8) is 0 Å². The zero-order chi connectivity index (χ0) is 12.0. The highest BCUT2D eigenvalue weighted by atomic mass is 32.2. The molecule has 1 rings (SSSR count). The normalized spacial score (nSPS) is 11.4. The van der Waals surface area contributed by atoms with Crippen molar-refractivity contribution in [2.24, 2.45) is 10.9 Å². The average Bonchev–Trinajstić information content (AvgIpc) is 2.23. The van der Waals surface area contributed by atoms with Crippen LogP contribution in [0.4, 0.5) is 0 Å². The van der Waals surface area contributed by atoms with E-state index in [4.69, 9.17) is 15.6 Å². The van der Waals surface area contributed by atoms with Gasteiger partial charge in [0.15, 0.2) is 0 Å². The number of sulfonamides is 1. The van der Waals surface area contributed by atoms with Crippen molar-refractivity contribution in [1.82, 2.24) is 0 Å². The number of hydrogen-bond donors (Lipinski definition) is 2. The predicted molar refractivity (Wildman–Crippen MR) is 62.4 cm³/mol. The van der Waals surface area contributed by atoms with Crippen molar-refractivity contribution in [3.8, 4) is 5.75 Å². The summed E-state index contributed by atoms with van der Waals surface area (Å²) in [7, 11) is -3.39. The fourth-order valence-electron chi connectivity index (χ4n) is 1.21. The fourth-order valence-corrected chi connectivity index (χ4v) is 1.73. The molecular formula is C10H16N2O3S. The van der Waals surface area contributed by atoms with E-state index >= 15 is 0 Å². The molecule has 4 N–H and O–H groups in total. The van der Waals surface area contributed by atoms with Gasteiger partial charge in [-0.3, -0.25) is 0 Å². The molecule has 90 valence electrons. The van der Waals surface area contributed by atoms with Gasteiger partial charge in [-0.1, -0.05) is 12.1 Å². The molecule has 1 aromatic rings. The van der Waals surface area contributed by atoms with Gasteiger partial charge < -0.3 is 10.5 Å². The maximum atomic E-state index is 10.6. The highest BCUT2D eigenvalue weighted by Gasteiger charge is 2.02. The minimum atomic E-state index is -3.39. The largest absolute Gasteiger partial charge is 0.494 e. The van der Waals surface area contributed by atoms with E-state index in [9.17, 15) is 8.42 Å². The van der Waals surface area contributed by atoms with Crippen molar-refractivity contribution < 1.29 is 13.2 Å². The molecule has 5 nitrogen and oxygen atoms in total. The summed E-state index contributed by atoms with van der Waals surface area (Å²) in [5, 5.41) is 4.86. The molecule has 0 fully saturated rings. The third-order valence-electron chi connectivity index (χ3n) is 1.98. The van der Waals surface area contributed by atoms with Gasteiger partial charge in [-0.25, -0.2) is 13.6 Å². The third-order valence-corrected chi connectivity index (χ3v) is 2.83. The van der Waals surface area contributed by atoms with E-state index in [0.29, 0.717) is 25.3 Å². The second-order valence-electron chi connectivity index (χ2n) is 3.42. The summed E-state index contributed by atoms with van der Waals surface area (Å²) >= 11 is 0. The zero-order valence-electron chi connectivity index (χ0n) is 8.93. The van der Waals surface area contributed by atoms with Gasteiger partial charge in [-0.05, 0) is 24.1 Å². The molecule has 0 atom stereocenters. The van der Waals surface area contributed by atoms with Gasteiger partial charge in [0.25, 0.3) is 0 Å². The summed E-state index contributed by atoms with van der Waals surface area (Å²) < 4.78 is 26.7. The van der Waals surface area contributed by atoms with Crippen LogP contribution in [0.25, 0.3) is 0 Å². The molecule has 16 heavy (non-hydrogen) atoms. The van der Waals surface area contributed by atoms with E-state index in [0.717, 1.165) is 5.56 Å². The molecule has 0 aliphatic heterocycles. The van der Waals surface area contributed by atoms with Crippen LogP contribution in [0.5, 0.6) is 5.75 Å². The van der Waals surface area contributed by atoms with Gasteiger partial charge in [0, 0.05) is 6.54 Å². The van der Waals surface area contributed by atoms with E-state index < -0.39 is 10.0 Å². The lowest BCUT2D eigenvalue weighted by atomic mass is 10.2. The molecule has 6 heteroatoms. The molecule has 0 aliphatic rings. The van der Waals surface area contributed by atoms with Crippen LogP contribution in [0.3, 0.4) is 0 Å². The van der Waals surface area contributed by atoms with Crippen molar-refractivity contribution in [1.29, 1.82) is 0 Å². The van der Waals surface area contributed by atoms with Gasteiger partial charge in [0.05, 0.1) is 12.4 Å². The Morgan fingerprint density at radius 3 is 2.69 bits per heavy atom. The van der Waals surface area contributed by atoms with Crippen LogP contribution in [0.15, 0.2) is 24.3 Å². The number of hydrogen-bond acceptors (Lipinski definition) is 4. The van der Waals surface area contributed by atoms with Gasteiger partial charge in [0.1, 0.15) is 5.75 Å². The molecule has 0 saturated carbocycles. The zero-order valence-corrected chi connectivity index (χ0v) is 9.74. The molecular weight excluding hydrogens is 228 g/mol. The molecule has 0 heterocycles. The van der Waals surface area contributed by atoms with Crippen molar-refractivity contribution in [2.45, 2.75) is 13.0 Å². The number of rotatable bonds is 6. The van der Waals surface area contributed by atoms with Crippen LogP contribution in [0.2, 0.25) is 0 Å². The van der Waals surface area contributed by atoms with Gasteiger partial charge in [-0.2, -0.15) is 0 Å². The Morgan fingerprint density at radius 2 is 2.06 bits per heavy atom. The van der Waals surface area contributed by atoms with Crippen LogP contribution in [-0.2, 0) is 16.6 Å². The lowest BCUT2D eigenvalue weighted by Crippen LogP contribution is -2.18. The Balaban J connectivity index is 2.37. The summed E-state index contributed by atoms with van der Waals surface area (Å²) in [4.78, 5) is 0. The first-order valence-electron chi connectivity index (χ1n) is 4.93. The van der Waals surface area contributed by atoms with Crippen LogP contribution >= 0.6 is 0 Å². The molecule has 0 radical (unpaired) electrons. The molecule has 1 aromatic carbocycles. The summed E-state index contributed by atoms with van der Waals surface area (Å²) in [5.74, 6) is 0.626. The fraction of sp³-hybridized carbons (Fsp3) is 0.400. The van der Waals surface area contributed by atoms with Crippen molar-refractivity contribution in [3.05, 3.63) is 29.8 Å². The van der Waals surface area contributed by atoms with Gasteiger partial charge >= 0.3 is 0 Å². The van der Waals surface area contributed by atoms with E-state index in [2.05, 4.69) is 0 Å². The van der Waals surface area contributed by atoms with Crippen molar-refractivity contribution in [2.75, 3.05) is 12.4 Å². The highest BCUT2D eigenvalue weighted by molar-refractivity contribution is 7.89. The van der Waals surface area contributed by atoms with E-state index in [1.807, 2.05) is 18.2 Å². The number of nitrogens with two attached hydrogens (primary N) is 2. The Hall–Kier alpha value is -1.11. The van der Waals surface area contributed by atoms with Crippen LogP contribution < -0.4 is 15.6 Å². The maximum absolute atomic E-state index is 10.6. The lowest BCUT2D eigenvalue weighted by Gasteiger charge is -2.06. The average molecular weight is 244 g/mol. The molecule has 0 aliphatic carbocycles. The standard InChI is InChI=1S/C10H16N2O3S/c11-8-9-3-1-4-10(7-9)15-5-2-6-16(12,13)14/h1,3-4,7H,2,5-6,8,11H2,(H2,12,13,14). The van der Waals surface area contributed by atoms with E-state index in [1.54, 1.807) is 6.07 Å². The number of benzene rings is 1. The molecule has 0 bridgehead atoms. The number of primary sulfonamides is 1. The highest BCUT2D eigenvalue weighted by Crippen LogP contribution is 2.12. The van der Waals surface area contributed by atoms with Crippen LogP contribution in [0.1, 0.15) is 12.0 Å². The predicted octanol–water partition coefficient (Wildman–Crippen LogP) is 0.203. The van der Waals surface area contributed by atoms with Crippen LogP contribution in [0, 0.1) is 0 Å². The second kappa shape index (κ2) is 5.83. The maximum Gasteiger partial charge on any atom is 0.209 e. The summed E-state index contributed by atoms with van der Waals surface area (Å²) in [6.07, 6.45) is 0.381. The SMILES string of the molecule is NCc1cccc(OCCCS(N)(=O)=O)c1. The number of ether oxygens (including phenoxy) is 1. The first kappa shape index (κ1) is 13.0. The minimum absolute atomic E-state index is 0.0659. The molecule has 0 spiro atoms. The lowest BCUT2D eigenvalue weighted by molar-refractivity contribution is 0.317. The monoisotopic (exact) mass is 244 g/mol. The first-order chi connectivity index (χ1) is 7.51. The van der Waals surface area contributed by atoms with Crippen molar-refractivity contribution >= 4 is 10.0 Å². The Kier molecular flexibility index (Phi) is 4.72. The summed E-state index contributed by atoms with van der Waals surface area (Å²) in [6.45, 7) is 0.777. The topological polar surface area (TPSA) is 95.4 Å². The van der Waals surface area contributed by atoms with Gasteiger partial charge in [0.2, 0.25) is 10.0 Å². The Bertz CT molecular complexity index is 431. The Morgan fingerprint density at radius 1 is 1.31 bits per heavy atom. The quantitative estimate of drug-likeness (QED) is 0.699. The second-order valence-corrected chi connectivity index (χ2v) is 5.15. The Labute approximate surface area is 95.4 Å².